The van der Waals surface area contributed by atoms with E-state index in [2.05, 4.69) is 0 Å². The number of carbonyl (C=O) groups excluding carboxylic acids is 4. The minimum Gasteiger partial charge on any atom is -0.496 e. The highest BCUT2D eigenvalue weighted by molar-refractivity contribution is 6.34. The molecule has 0 aliphatic carbocycles. The van der Waals surface area contributed by atoms with Gasteiger partial charge in [-0.2, -0.15) is 0 Å². The molecule has 31 heavy (non-hydrogen) atoms. The number of hydrogen-bond acceptors (Lipinski definition) is 6. The molecule has 0 fully saturated rings. The van der Waals surface area contributed by atoms with Crippen molar-refractivity contribution in [2.45, 2.75) is 0 Å². The number of fused-ring (bicyclic) bond motifs is 1. The summed E-state index contributed by atoms with van der Waals surface area (Å²) < 4.78 is 10.3. The van der Waals surface area contributed by atoms with Crippen LogP contribution in [0.15, 0.2) is 72.8 Å². The molecule has 0 N–H and O–H groups in total. The molecule has 154 valence electrons. The molecule has 0 atom stereocenters. The van der Waals surface area contributed by atoms with E-state index >= 15 is 0 Å². The quantitative estimate of drug-likeness (QED) is 0.348. The minimum absolute atomic E-state index is 0.113. The number of esters is 1. The first-order chi connectivity index (χ1) is 15.0. The zero-order chi connectivity index (χ0) is 22.0. The lowest BCUT2D eigenvalue weighted by Crippen LogP contribution is -2.29. The summed E-state index contributed by atoms with van der Waals surface area (Å²) in [7, 11) is 1.45. The van der Waals surface area contributed by atoms with E-state index in [1.807, 2.05) is 0 Å². The van der Waals surface area contributed by atoms with Crippen LogP contribution in [0.25, 0.3) is 0 Å². The molecular formula is C24H17NO6. The summed E-state index contributed by atoms with van der Waals surface area (Å²) in [5.74, 6) is -1.70. The van der Waals surface area contributed by atoms with Crippen molar-refractivity contribution in [3.63, 3.8) is 0 Å². The molecule has 4 rings (SSSR count). The molecule has 0 unspecified atom stereocenters. The Morgan fingerprint density at radius 3 is 2.16 bits per heavy atom. The predicted octanol–water partition coefficient (Wildman–Crippen LogP) is 3.54. The van der Waals surface area contributed by atoms with E-state index in [1.54, 1.807) is 54.6 Å². The molecule has 0 radical (unpaired) electrons. The number of para-hydroxylation sites is 1. The topological polar surface area (TPSA) is 90.0 Å². The van der Waals surface area contributed by atoms with Crippen LogP contribution in [0.3, 0.4) is 0 Å². The van der Waals surface area contributed by atoms with Crippen LogP contribution in [0.2, 0.25) is 0 Å². The van der Waals surface area contributed by atoms with Gasteiger partial charge in [0.1, 0.15) is 5.75 Å². The van der Waals surface area contributed by atoms with Crippen molar-refractivity contribution in [1.82, 2.24) is 0 Å². The fourth-order valence-electron chi connectivity index (χ4n) is 3.36. The zero-order valence-corrected chi connectivity index (χ0v) is 16.5. The van der Waals surface area contributed by atoms with Gasteiger partial charge in [-0.25, -0.2) is 9.69 Å². The summed E-state index contributed by atoms with van der Waals surface area (Å²) in [5, 5.41) is 0. The van der Waals surface area contributed by atoms with Gasteiger partial charge in [-0.3, -0.25) is 14.4 Å². The third-order valence-electron chi connectivity index (χ3n) is 4.88. The van der Waals surface area contributed by atoms with Crippen LogP contribution in [0.5, 0.6) is 5.75 Å². The fourth-order valence-corrected chi connectivity index (χ4v) is 3.36. The molecule has 0 bridgehead atoms. The minimum atomic E-state index is -0.748. The second-order valence-electron chi connectivity index (χ2n) is 6.74. The average molecular weight is 415 g/mol. The van der Waals surface area contributed by atoms with Crippen LogP contribution in [0.4, 0.5) is 5.69 Å². The number of ketones is 1. The molecule has 0 saturated heterocycles. The maximum Gasteiger partial charge on any atom is 0.338 e. The summed E-state index contributed by atoms with van der Waals surface area (Å²) in [5.41, 5.74) is 1.28. The SMILES string of the molecule is COc1ccccc1C(=O)COC(=O)c1cccc(N2C(=O)c3ccccc3C2=O)c1. The molecule has 3 aromatic rings. The molecule has 0 aromatic heterocycles. The number of benzene rings is 3. The Bertz CT molecular complexity index is 1180. The van der Waals surface area contributed by atoms with E-state index in [-0.39, 0.29) is 11.3 Å². The lowest BCUT2D eigenvalue weighted by Gasteiger charge is -2.15. The van der Waals surface area contributed by atoms with E-state index in [0.717, 1.165) is 4.90 Å². The third-order valence-corrected chi connectivity index (χ3v) is 4.88. The lowest BCUT2D eigenvalue weighted by atomic mass is 10.1. The molecule has 1 aliphatic heterocycles. The molecule has 7 heteroatoms. The van der Waals surface area contributed by atoms with Crippen molar-refractivity contribution in [3.05, 3.63) is 95.1 Å². The van der Waals surface area contributed by atoms with Crippen LogP contribution in [0.1, 0.15) is 41.4 Å². The number of amides is 2. The Labute approximate surface area is 177 Å². The van der Waals surface area contributed by atoms with Gasteiger partial charge in [0, 0.05) is 0 Å². The van der Waals surface area contributed by atoms with E-state index in [1.165, 1.54) is 25.3 Å². The lowest BCUT2D eigenvalue weighted by molar-refractivity contribution is 0.0473. The van der Waals surface area contributed by atoms with Gasteiger partial charge in [-0.15, -0.1) is 0 Å². The number of ether oxygens (including phenoxy) is 2. The number of nitrogens with zero attached hydrogens (tertiary/aromatic N) is 1. The first kappa shape index (κ1) is 20.0. The Morgan fingerprint density at radius 1 is 0.839 bits per heavy atom. The van der Waals surface area contributed by atoms with Crippen LogP contribution in [0, 0.1) is 0 Å². The number of hydrogen-bond donors (Lipinski definition) is 0. The second kappa shape index (κ2) is 8.23. The summed E-state index contributed by atoms with van der Waals surface area (Å²) >= 11 is 0. The summed E-state index contributed by atoms with van der Waals surface area (Å²) in [6, 6.07) is 19.1. The maximum atomic E-state index is 12.7. The largest absolute Gasteiger partial charge is 0.496 e. The van der Waals surface area contributed by atoms with E-state index in [0.29, 0.717) is 22.4 Å². The highest BCUT2D eigenvalue weighted by atomic mass is 16.5. The molecule has 0 spiro atoms. The summed E-state index contributed by atoms with van der Waals surface area (Å²) in [6.45, 7) is -0.476. The molecule has 1 aliphatic rings. The van der Waals surface area contributed by atoms with Crippen LogP contribution < -0.4 is 9.64 Å². The first-order valence-corrected chi connectivity index (χ1v) is 9.42. The van der Waals surface area contributed by atoms with Gasteiger partial charge in [-0.1, -0.05) is 30.3 Å². The van der Waals surface area contributed by atoms with Gasteiger partial charge in [0.2, 0.25) is 5.78 Å². The van der Waals surface area contributed by atoms with Crippen molar-refractivity contribution in [3.8, 4) is 5.75 Å². The second-order valence-corrected chi connectivity index (χ2v) is 6.74. The average Bonchev–Trinajstić information content (AvgIpc) is 3.07. The van der Waals surface area contributed by atoms with E-state index < -0.39 is 30.2 Å². The molecule has 2 amide bonds. The van der Waals surface area contributed by atoms with Gasteiger partial charge in [0.25, 0.3) is 11.8 Å². The monoisotopic (exact) mass is 415 g/mol. The Hall–Kier alpha value is -4.26. The number of Topliss-reactive ketones (excluding diaryl/α,β-unsaturated/α-hetero) is 1. The highest BCUT2D eigenvalue weighted by Crippen LogP contribution is 2.29. The van der Waals surface area contributed by atoms with Crippen molar-refractivity contribution >= 4 is 29.3 Å². The van der Waals surface area contributed by atoms with Gasteiger partial charge in [-0.05, 0) is 42.5 Å². The molecular weight excluding hydrogens is 398 g/mol. The Kier molecular flexibility index (Phi) is 5.32. The van der Waals surface area contributed by atoms with Crippen molar-refractivity contribution in [2.24, 2.45) is 0 Å². The summed E-state index contributed by atoms with van der Waals surface area (Å²) in [6.07, 6.45) is 0. The maximum absolute atomic E-state index is 12.7. The van der Waals surface area contributed by atoms with Gasteiger partial charge in [0.05, 0.1) is 35.1 Å². The van der Waals surface area contributed by atoms with E-state index in [4.69, 9.17) is 9.47 Å². The Morgan fingerprint density at radius 2 is 1.48 bits per heavy atom. The highest BCUT2D eigenvalue weighted by Gasteiger charge is 2.36. The Balaban J connectivity index is 1.50. The van der Waals surface area contributed by atoms with Gasteiger partial charge in [0.15, 0.2) is 6.61 Å². The number of anilines is 1. The van der Waals surface area contributed by atoms with Gasteiger partial charge < -0.3 is 9.47 Å². The van der Waals surface area contributed by atoms with Crippen LogP contribution >= 0.6 is 0 Å². The van der Waals surface area contributed by atoms with Crippen molar-refractivity contribution in [1.29, 1.82) is 0 Å². The zero-order valence-electron chi connectivity index (χ0n) is 16.5. The molecule has 7 nitrogen and oxygen atoms in total. The van der Waals surface area contributed by atoms with Crippen molar-refractivity contribution < 1.29 is 28.7 Å². The number of carbonyl (C=O) groups is 4. The van der Waals surface area contributed by atoms with Crippen LogP contribution in [-0.4, -0.2) is 37.3 Å². The summed E-state index contributed by atoms with van der Waals surface area (Å²) in [4.78, 5) is 51.2. The molecule has 3 aromatic carbocycles. The number of rotatable bonds is 6. The fraction of sp³-hybridized carbons (Fsp3) is 0.0833. The van der Waals surface area contributed by atoms with Gasteiger partial charge >= 0.3 is 5.97 Å². The standard InChI is InChI=1S/C24H17NO6/c1-30-21-12-5-4-11-19(21)20(26)14-31-24(29)15-7-6-8-16(13-15)25-22(27)17-9-2-3-10-18(17)23(25)28/h2-13H,14H2,1H3. The van der Waals surface area contributed by atoms with Crippen LogP contribution in [-0.2, 0) is 4.74 Å². The molecule has 0 saturated carbocycles. The first-order valence-electron chi connectivity index (χ1n) is 9.42. The smallest absolute Gasteiger partial charge is 0.338 e. The van der Waals surface area contributed by atoms with Crippen molar-refractivity contribution in [2.75, 3.05) is 18.6 Å². The normalized spacial score (nSPS) is 12.5. The molecule has 1 heterocycles. The number of imide groups is 1. The number of methoxy groups -OCH3 is 1. The third kappa shape index (κ3) is 3.69. The predicted molar refractivity (Wildman–Crippen MR) is 112 cm³/mol. The van der Waals surface area contributed by atoms with E-state index in [9.17, 15) is 19.2 Å².